The monoisotopic (exact) mass is 341 g/mol. The standard InChI is InChI=1S/C17H15F4NO2/c1-10-5-2-3-6-11(10)14(23)9-22-16(24)12-7-4-8-13(15(12)18)17(19,20)21/h2-8,14,23H,9H2,1H3,(H,22,24). The molecule has 2 rings (SSSR count). The summed E-state index contributed by atoms with van der Waals surface area (Å²) >= 11 is 0. The molecule has 128 valence electrons. The normalized spacial score (nSPS) is 12.8. The van der Waals surface area contributed by atoms with Crippen molar-refractivity contribution in [2.75, 3.05) is 6.54 Å². The second kappa shape index (κ2) is 7.00. The van der Waals surface area contributed by atoms with Gasteiger partial charge in [0.1, 0.15) is 5.82 Å². The molecule has 0 heterocycles. The number of carbonyl (C=O) groups excluding carboxylic acids is 1. The minimum atomic E-state index is -4.89. The van der Waals surface area contributed by atoms with Crippen LogP contribution in [0.3, 0.4) is 0 Å². The van der Waals surface area contributed by atoms with E-state index in [1.54, 1.807) is 31.2 Å². The molecule has 1 unspecified atom stereocenters. The Labute approximate surface area is 135 Å². The molecular weight excluding hydrogens is 326 g/mol. The molecule has 0 saturated carbocycles. The Morgan fingerprint density at radius 2 is 1.83 bits per heavy atom. The number of aryl methyl sites for hydroxylation is 1. The van der Waals surface area contributed by atoms with Crippen LogP contribution in [-0.2, 0) is 6.18 Å². The number of nitrogens with one attached hydrogen (secondary N) is 1. The summed E-state index contributed by atoms with van der Waals surface area (Å²) in [4.78, 5) is 11.9. The van der Waals surface area contributed by atoms with Crippen molar-refractivity contribution >= 4 is 5.91 Å². The summed E-state index contributed by atoms with van der Waals surface area (Å²) in [5, 5.41) is 12.3. The summed E-state index contributed by atoms with van der Waals surface area (Å²) in [5.41, 5.74) is -0.858. The molecule has 24 heavy (non-hydrogen) atoms. The van der Waals surface area contributed by atoms with Crippen LogP contribution in [0.2, 0.25) is 0 Å². The second-order valence-corrected chi connectivity index (χ2v) is 5.25. The lowest BCUT2D eigenvalue weighted by atomic mass is 10.0. The molecule has 0 aliphatic carbocycles. The van der Waals surface area contributed by atoms with Crippen LogP contribution < -0.4 is 5.32 Å². The van der Waals surface area contributed by atoms with Gasteiger partial charge in [0.05, 0.1) is 17.2 Å². The van der Waals surface area contributed by atoms with Crippen LogP contribution in [0.15, 0.2) is 42.5 Å². The smallest absolute Gasteiger partial charge is 0.387 e. The fraction of sp³-hybridized carbons (Fsp3) is 0.235. The van der Waals surface area contributed by atoms with Gasteiger partial charge in [-0.3, -0.25) is 4.79 Å². The summed E-state index contributed by atoms with van der Waals surface area (Å²) < 4.78 is 51.9. The van der Waals surface area contributed by atoms with Crippen LogP contribution in [0.4, 0.5) is 17.6 Å². The first-order valence-electron chi connectivity index (χ1n) is 7.09. The number of hydrogen-bond acceptors (Lipinski definition) is 2. The molecule has 0 bridgehead atoms. The molecule has 3 nitrogen and oxygen atoms in total. The van der Waals surface area contributed by atoms with Gasteiger partial charge in [0.25, 0.3) is 5.91 Å². The molecule has 0 saturated heterocycles. The van der Waals surface area contributed by atoms with Gasteiger partial charge in [0, 0.05) is 6.54 Å². The number of amides is 1. The van der Waals surface area contributed by atoms with E-state index in [1.807, 2.05) is 0 Å². The fourth-order valence-corrected chi connectivity index (χ4v) is 2.28. The van der Waals surface area contributed by atoms with E-state index < -0.39 is 35.1 Å². The van der Waals surface area contributed by atoms with Crippen molar-refractivity contribution in [3.63, 3.8) is 0 Å². The van der Waals surface area contributed by atoms with Gasteiger partial charge in [0.2, 0.25) is 0 Å². The van der Waals surface area contributed by atoms with E-state index in [9.17, 15) is 27.5 Å². The van der Waals surface area contributed by atoms with Crippen LogP contribution in [0, 0.1) is 12.7 Å². The van der Waals surface area contributed by atoms with Gasteiger partial charge >= 0.3 is 6.18 Å². The average molecular weight is 341 g/mol. The Morgan fingerprint density at radius 3 is 2.46 bits per heavy atom. The molecule has 2 N–H and O–H groups in total. The zero-order valence-electron chi connectivity index (χ0n) is 12.7. The molecule has 2 aromatic carbocycles. The molecule has 1 amide bonds. The molecule has 0 aromatic heterocycles. The van der Waals surface area contributed by atoms with E-state index in [0.29, 0.717) is 11.6 Å². The van der Waals surface area contributed by atoms with E-state index in [4.69, 9.17) is 0 Å². The van der Waals surface area contributed by atoms with Crippen molar-refractivity contribution in [1.82, 2.24) is 5.32 Å². The predicted molar refractivity (Wildman–Crippen MR) is 79.9 cm³/mol. The molecule has 0 radical (unpaired) electrons. The summed E-state index contributed by atoms with van der Waals surface area (Å²) in [6.45, 7) is 1.52. The third-order valence-electron chi connectivity index (χ3n) is 3.55. The van der Waals surface area contributed by atoms with E-state index in [-0.39, 0.29) is 6.54 Å². The number of aliphatic hydroxyl groups excluding tert-OH is 1. The lowest BCUT2D eigenvalue weighted by Crippen LogP contribution is -2.30. The lowest BCUT2D eigenvalue weighted by molar-refractivity contribution is -0.140. The Morgan fingerprint density at radius 1 is 1.17 bits per heavy atom. The largest absolute Gasteiger partial charge is 0.419 e. The molecule has 0 aliphatic rings. The molecule has 1 atom stereocenters. The molecule has 0 spiro atoms. The second-order valence-electron chi connectivity index (χ2n) is 5.25. The number of benzene rings is 2. The maximum Gasteiger partial charge on any atom is 0.419 e. The topological polar surface area (TPSA) is 49.3 Å². The highest BCUT2D eigenvalue weighted by Gasteiger charge is 2.35. The predicted octanol–water partition coefficient (Wildman–Crippen LogP) is 3.62. The van der Waals surface area contributed by atoms with Crippen molar-refractivity contribution in [1.29, 1.82) is 0 Å². The maximum absolute atomic E-state index is 13.9. The van der Waals surface area contributed by atoms with Gasteiger partial charge < -0.3 is 10.4 Å². The van der Waals surface area contributed by atoms with E-state index in [2.05, 4.69) is 5.32 Å². The van der Waals surface area contributed by atoms with Crippen LogP contribution in [0.5, 0.6) is 0 Å². The lowest BCUT2D eigenvalue weighted by Gasteiger charge is -2.15. The van der Waals surface area contributed by atoms with E-state index >= 15 is 0 Å². The van der Waals surface area contributed by atoms with Crippen LogP contribution >= 0.6 is 0 Å². The first-order chi connectivity index (χ1) is 11.2. The third-order valence-corrected chi connectivity index (χ3v) is 3.55. The molecule has 7 heteroatoms. The van der Waals surface area contributed by atoms with Crippen LogP contribution in [-0.4, -0.2) is 17.6 Å². The molecule has 0 aliphatic heterocycles. The zero-order valence-corrected chi connectivity index (χ0v) is 12.7. The number of hydrogen-bond donors (Lipinski definition) is 2. The highest BCUT2D eigenvalue weighted by atomic mass is 19.4. The Kier molecular flexibility index (Phi) is 5.23. The van der Waals surface area contributed by atoms with Crippen molar-refractivity contribution in [2.24, 2.45) is 0 Å². The van der Waals surface area contributed by atoms with Gasteiger partial charge in [0.15, 0.2) is 0 Å². The van der Waals surface area contributed by atoms with Gasteiger partial charge in [-0.2, -0.15) is 13.2 Å². The minimum Gasteiger partial charge on any atom is -0.387 e. The average Bonchev–Trinajstić information content (AvgIpc) is 2.51. The number of halogens is 4. The number of carbonyl (C=O) groups is 1. The number of alkyl halides is 3. The van der Waals surface area contributed by atoms with Gasteiger partial charge in [-0.05, 0) is 30.2 Å². The third kappa shape index (κ3) is 3.91. The highest BCUT2D eigenvalue weighted by Crippen LogP contribution is 2.32. The van der Waals surface area contributed by atoms with Crippen LogP contribution in [0.1, 0.15) is 33.2 Å². The quantitative estimate of drug-likeness (QED) is 0.835. The SMILES string of the molecule is Cc1ccccc1C(O)CNC(=O)c1cccc(C(F)(F)F)c1F. The van der Waals surface area contributed by atoms with Crippen molar-refractivity contribution in [3.05, 3.63) is 70.5 Å². The summed E-state index contributed by atoms with van der Waals surface area (Å²) in [6, 6.07) is 9.40. The first kappa shape index (κ1) is 17.9. The van der Waals surface area contributed by atoms with Gasteiger partial charge in [-0.15, -0.1) is 0 Å². The van der Waals surface area contributed by atoms with Crippen molar-refractivity contribution in [3.8, 4) is 0 Å². The Balaban J connectivity index is 2.12. The number of rotatable bonds is 4. The van der Waals surface area contributed by atoms with E-state index in [0.717, 1.165) is 17.7 Å². The van der Waals surface area contributed by atoms with Gasteiger partial charge in [-0.25, -0.2) is 4.39 Å². The zero-order chi connectivity index (χ0) is 17.9. The van der Waals surface area contributed by atoms with E-state index in [1.165, 1.54) is 0 Å². The molecule has 0 fully saturated rings. The minimum absolute atomic E-state index is 0.251. The molecule has 2 aromatic rings. The fourth-order valence-electron chi connectivity index (χ4n) is 2.28. The summed E-state index contributed by atoms with van der Waals surface area (Å²) in [5.74, 6) is -2.65. The summed E-state index contributed by atoms with van der Waals surface area (Å²) in [7, 11) is 0. The Bertz CT molecular complexity index is 744. The van der Waals surface area contributed by atoms with Crippen molar-refractivity contribution in [2.45, 2.75) is 19.2 Å². The van der Waals surface area contributed by atoms with Crippen LogP contribution in [0.25, 0.3) is 0 Å². The highest BCUT2D eigenvalue weighted by molar-refractivity contribution is 5.94. The summed E-state index contributed by atoms with van der Waals surface area (Å²) in [6.07, 6.45) is -5.94. The van der Waals surface area contributed by atoms with Crippen molar-refractivity contribution < 1.29 is 27.5 Å². The maximum atomic E-state index is 13.9. The first-order valence-corrected chi connectivity index (χ1v) is 7.09. The van der Waals surface area contributed by atoms with Gasteiger partial charge in [-0.1, -0.05) is 30.3 Å². The molecular formula is C17H15F4NO2. The number of aliphatic hydroxyl groups is 1. The Hall–Kier alpha value is -2.41.